The molecule has 0 saturated carbocycles. The predicted molar refractivity (Wildman–Crippen MR) is 89.5 cm³/mol. The first-order valence-electron chi connectivity index (χ1n) is 7.43. The smallest absolute Gasteiger partial charge is 0.346 e. The molecular formula is C17H15NO6S. The lowest BCUT2D eigenvalue weighted by Crippen LogP contribution is -2.47. The van der Waals surface area contributed by atoms with E-state index in [0.29, 0.717) is 5.56 Å². The number of carboxylic acids is 1. The fourth-order valence-electron chi connectivity index (χ4n) is 2.55. The number of ketones is 1. The van der Waals surface area contributed by atoms with E-state index in [1.165, 1.54) is 37.3 Å². The largest absolute Gasteiger partial charge is 0.478 e. The van der Waals surface area contributed by atoms with E-state index in [2.05, 4.69) is 0 Å². The Kier molecular flexibility index (Phi) is 4.22. The van der Waals surface area contributed by atoms with Crippen LogP contribution >= 0.6 is 0 Å². The van der Waals surface area contributed by atoms with Gasteiger partial charge in [0.2, 0.25) is 6.10 Å². The highest BCUT2D eigenvalue weighted by atomic mass is 32.2. The third-order valence-corrected chi connectivity index (χ3v) is 5.65. The van der Waals surface area contributed by atoms with Crippen LogP contribution in [-0.4, -0.2) is 37.9 Å². The van der Waals surface area contributed by atoms with E-state index < -0.39 is 22.1 Å². The molecule has 25 heavy (non-hydrogen) atoms. The van der Waals surface area contributed by atoms with Gasteiger partial charge >= 0.3 is 5.97 Å². The van der Waals surface area contributed by atoms with E-state index in [-0.39, 0.29) is 28.7 Å². The highest BCUT2D eigenvalue weighted by Gasteiger charge is 2.37. The Labute approximate surface area is 144 Å². The molecule has 2 aromatic carbocycles. The van der Waals surface area contributed by atoms with Crippen LogP contribution in [0.2, 0.25) is 0 Å². The lowest BCUT2D eigenvalue weighted by Gasteiger charge is -2.33. The van der Waals surface area contributed by atoms with Crippen LogP contribution in [0.25, 0.3) is 0 Å². The van der Waals surface area contributed by atoms with Crippen LogP contribution in [-0.2, 0) is 14.8 Å². The van der Waals surface area contributed by atoms with Crippen LogP contribution in [0, 0.1) is 0 Å². The summed E-state index contributed by atoms with van der Waals surface area (Å²) in [5.74, 6) is -1.24. The number of hydrogen-bond donors (Lipinski definition) is 1. The molecular weight excluding hydrogens is 346 g/mol. The maximum atomic E-state index is 13.0. The van der Waals surface area contributed by atoms with Gasteiger partial charge in [-0.3, -0.25) is 9.10 Å². The second kappa shape index (κ2) is 6.21. The molecule has 2 aromatic rings. The number of hydrogen-bond acceptors (Lipinski definition) is 5. The molecule has 0 spiro atoms. The molecule has 0 bridgehead atoms. The number of fused-ring (bicyclic) bond motifs is 1. The van der Waals surface area contributed by atoms with Crippen LogP contribution in [0.4, 0.5) is 5.69 Å². The maximum Gasteiger partial charge on any atom is 0.346 e. The van der Waals surface area contributed by atoms with Crippen molar-refractivity contribution in [3.05, 3.63) is 54.1 Å². The zero-order chi connectivity index (χ0) is 18.2. The highest BCUT2D eigenvalue weighted by Crippen LogP contribution is 2.36. The first-order chi connectivity index (χ1) is 11.8. The van der Waals surface area contributed by atoms with Gasteiger partial charge in [0.15, 0.2) is 5.78 Å². The van der Waals surface area contributed by atoms with Crippen molar-refractivity contribution in [2.75, 3.05) is 10.8 Å². The fraction of sp³-hybridized carbons (Fsp3) is 0.176. The minimum absolute atomic E-state index is 0.0293. The van der Waals surface area contributed by atoms with E-state index in [1.54, 1.807) is 18.2 Å². The molecule has 7 nitrogen and oxygen atoms in total. The summed E-state index contributed by atoms with van der Waals surface area (Å²) in [6, 6.07) is 11.9. The zero-order valence-electron chi connectivity index (χ0n) is 13.2. The van der Waals surface area contributed by atoms with Crippen molar-refractivity contribution in [2.45, 2.75) is 17.9 Å². The Morgan fingerprint density at radius 3 is 2.36 bits per heavy atom. The molecule has 1 aliphatic rings. The van der Waals surface area contributed by atoms with Crippen LogP contribution in [0.15, 0.2) is 53.4 Å². The molecule has 1 atom stereocenters. The van der Waals surface area contributed by atoms with Crippen molar-refractivity contribution in [2.24, 2.45) is 0 Å². The number of ether oxygens (including phenoxy) is 1. The topological polar surface area (TPSA) is 101 Å². The summed E-state index contributed by atoms with van der Waals surface area (Å²) in [7, 11) is -4.01. The van der Waals surface area contributed by atoms with E-state index in [4.69, 9.17) is 4.74 Å². The van der Waals surface area contributed by atoms with Gasteiger partial charge in [-0.2, -0.15) is 0 Å². The van der Waals surface area contributed by atoms with Crippen LogP contribution in [0.3, 0.4) is 0 Å². The average Bonchev–Trinajstić information content (AvgIpc) is 2.60. The van der Waals surface area contributed by atoms with E-state index >= 15 is 0 Å². The lowest BCUT2D eigenvalue weighted by atomic mass is 10.2. The Balaban J connectivity index is 2.06. The monoisotopic (exact) mass is 361 g/mol. The molecule has 0 radical (unpaired) electrons. The molecule has 0 aliphatic carbocycles. The van der Waals surface area contributed by atoms with Crippen LogP contribution < -0.4 is 9.04 Å². The van der Waals surface area contributed by atoms with Gasteiger partial charge in [0.25, 0.3) is 10.0 Å². The summed E-state index contributed by atoms with van der Waals surface area (Å²) >= 11 is 0. The Morgan fingerprint density at radius 2 is 1.76 bits per heavy atom. The molecule has 1 aliphatic heterocycles. The number of aliphatic carboxylic acids is 1. The van der Waals surface area contributed by atoms with Crippen molar-refractivity contribution in [1.29, 1.82) is 0 Å². The number of para-hydroxylation sites is 2. The van der Waals surface area contributed by atoms with Gasteiger partial charge in [0.05, 0.1) is 17.1 Å². The van der Waals surface area contributed by atoms with E-state index in [1.807, 2.05) is 0 Å². The maximum absolute atomic E-state index is 13.0. The Hall–Kier alpha value is -2.87. The van der Waals surface area contributed by atoms with Gasteiger partial charge in [-0.1, -0.05) is 24.3 Å². The van der Waals surface area contributed by atoms with Gasteiger partial charge in [0, 0.05) is 5.56 Å². The third-order valence-electron chi connectivity index (χ3n) is 3.86. The number of rotatable bonds is 4. The van der Waals surface area contributed by atoms with Crippen molar-refractivity contribution >= 4 is 27.5 Å². The molecule has 1 N–H and O–H groups in total. The zero-order valence-corrected chi connectivity index (χ0v) is 14.1. The molecule has 1 heterocycles. The normalized spacial score (nSPS) is 16.7. The lowest BCUT2D eigenvalue weighted by molar-refractivity contribution is -0.144. The predicted octanol–water partition coefficient (Wildman–Crippen LogP) is 1.93. The van der Waals surface area contributed by atoms with Gasteiger partial charge in [0.1, 0.15) is 5.75 Å². The van der Waals surface area contributed by atoms with Crippen molar-refractivity contribution < 1.29 is 27.9 Å². The summed E-state index contributed by atoms with van der Waals surface area (Å²) < 4.78 is 32.4. The molecule has 0 fully saturated rings. The van der Waals surface area contributed by atoms with Gasteiger partial charge in [-0.15, -0.1) is 0 Å². The van der Waals surface area contributed by atoms with Gasteiger partial charge in [-0.25, -0.2) is 13.2 Å². The summed E-state index contributed by atoms with van der Waals surface area (Å²) in [6.07, 6.45) is -1.30. The number of carbonyl (C=O) groups excluding carboxylic acids is 1. The third kappa shape index (κ3) is 3.08. The van der Waals surface area contributed by atoms with E-state index in [9.17, 15) is 23.1 Å². The molecule has 0 saturated heterocycles. The molecule has 0 amide bonds. The van der Waals surface area contributed by atoms with Crippen LogP contribution in [0.1, 0.15) is 17.3 Å². The highest BCUT2D eigenvalue weighted by molar-refractivity contribution is 7.92. The minimum atomic E-state index is -4.01. The Morgan fingerprint density at radius 1 is 1.12 bits per heavy atom. The molecule has 130 valence electrons. The fourth-order valence-corrected chi connectivity index (χ4v) is 4.02. The second-order valence-electron chi connectivity index (χ2n) is 5.53. The Bertz CT molecular complexity index is 936. The van der Waals surface area contributed by atoms with Crippen molar-refractivity contribution in [3.63, 3.8) is 0 Å². The number of sulfonamides is 1. The minimum Gasteiger partial charge on any atom is -0.478 e. The standard InChI is InChI=1S/C17H15NO6S/c1-11(19)12-6-8-13(9-7-12)25(22,23)18-10-16(17(20)21)24-15-5-3-2-4-14(15)18/h2-9,16H,10H2,1H3,(H,20,21). The average molecular weight is 361 g/mol. The molecule has 0 aromatic heterocycles. The second-order valence-corrected chi connectivity index (χ2v) is 7.39. The van der Waals surface area contributed by atoms with Gasteiger partial charge in [-0.05, 0) is 31.2 Å². The first-order valence-corrected chi connectivity index (χ1v) is 8.87. The first kappa shape index (κ1) is 17.0. The number of carbonyl (C=O) groups is 2. The summed E-state index contributed by atoms with van der Waals surface area (Å²) in [4.78, 5) is 22.6. The van der Waals surface area contributed by atoms with Gasteiger partial charge < -0.3 is 9.84 Å². The van der Waals surface area contributed by atoms with Crippen molar-refractivity contribution in [3.8, 4) is 5.75 Å². The van der Waals surface area contributed by atoms with Crippen molar-refractivity contribution in [1.82, 2.24) is 0 Å². The summed E-state index contributed by atoms with van der Waals surface area (Å²) in [5, 5.41) is 9.23. The van der Waals surface area contributed by atoms with E-state index in [0.717, 1.165) is 4.31 Å². The number of benzene rings is 2. The number of carboxylic acid groups (broad SMARTS) is 1. The molecule has 8 heteroatoms. The summed E-state index contributed by atoms with van der Waals surface area (Å²) in [5.41, 5.74) is 0.667. The molecule has 3 rings (SSSR count). The number of nitrogens with zero attached hydrogens (tertiary/aromatic N) is 1. The molecule has 1 unspecified atom stereocenters. The number of anilines is 1. The quantitative estimate of drug-likeness (QED) is 0.835. The number of Topliss-reactive ketones (excluding diaryl/α,β-unsaturated/α-hetero) is 1. The van der Waals surface area contributed by atoms with Crippen LogP contribution in [0.5, 0.6) is 5.75 Å². The SMILES string of the molecule is CC(=O)c1ccc(S(=O)(=O)N2CC(C(=O)O)Oc3ccccc32)cc1. The summed E-state index contributed by atoms with van der Waals surface area (Å²) in [6.45, 7) is 1.04.